The summed E-state index contributed by atoms with van der Waals surface area (Å²) in [7, 11) is 2.02. The first-order chi connectivity index (χ1) is 9.33. The van der Waals surface area contributed by atoms with Crippen molar-refractivity contribution in [3.63, 3.8) is 0 Å². The quantitative estimate of drug-likeness (QED) is 0.793. The van der Waals surface area contributed by atoms with Gasteiger partial charge in [-0.3, -0.25) is 4.98 Å². The van der Waals surface area contributed by atoms with E-state index < -0.39 is 0 Å². The summed E-state index contributed by atoms with van der Waals surface area (Å²) in [5.74, 6) is 0.859. The second-order valence-electron chi connectivity index (χ2n) is 5.04. The Hall–Kier alpha value is -1.35. The number of hydrogen-bond acceptors (Lipinski definition) is 3. The van der Waals surface area contributed by atoms with Gasteiger partial charge in [-0.2, -0.15) is 0 Å². The fourth-order valence-electron chi connectivity index (χ4n) is 2.61. The summed E-state index contributed by atoms with van der Waals surface area (Å²) < 4.78 is 5.53. The molecule has 2 rings (SSSR count). The minimum atomic E-state index is 0.331. The first-order valence-corrected chi connectivity index (χ1v) is 7.26. The zero-order valence-electron chi connectivity index (χ0n) is 12.0. The van der Waals surface area contributed by atoms with E-state index in [1.165, 1.54) is 31.2 Å². The number of allylic oxidation sites excluding steroid dienone is 1. The lowest BCUT2D eigenvalue weighted by molar-refractivity contribution is 0.338. The third-order valence-electron chi connectivity index (χ3n) is 3.65. The molecule has 0 bridgehead atoms. The molecule has 0 aromatic carbocycles. The van der Waals surface area contributed by atoms with Gasteiger partial charge in [0.05, 0.1) is 12.8 Å². The zero-order chi connectivity index (χ0) is 13.5. The molecule has 0 saturated carbocycles. The van der Waals surface area contributed by atoms with Crippen LogP contribution in [0.1, 0.15) is 50.6 Å². The molecule has 1 aromatic heterocycles. The second kappa shape index (κ2) is 7.29. The van der Waals surface area contributed by atoms with Crippen LogP contribution in [-0.2, 0) is 0 Å². The SMILES string of the molecule is CCOc1cncc(C(CC2=CCCCC2)NC)c1. The van der Waals surface area contributed by atoms with Crippen molar-refractivity contribution in [3.05, 3.63) is 35.7 Å². The van der Waals surface area contributed by atoms with E-state index in [-0.39, 0.29) is 0 Å². The van der Waals surface area contributed by atoms with Gasteiger partial charge in [0.2, 0.25) is 0 Å². The Bertz CT molecular complexity index is 429. The van der Waals surface area contributed by atoms with Crippen molar-refractivity contribution in [1.82, 2.24) is 10.3 Å². The van der Waals surface area contributed by atoms with Gasteiger partial charge >= 0.3 is 0 Å². The van der Waals surface area contributed by atoms with Crippen LogP contribution >= 0.6 is 0 Å². The van der Waals surface area contributed by atoms with Gasteiger partial charge in [0.1, 0.15) is 5.75 Å². The van der Waals surface area contributed by atoms with Crippen molar-refractivity contribution in [2.75, 3.05) is 13.7 Å². The minimum absolute atomic E-state index is 0.331. The molecule has 0 spiro atoms. The highest BCUT2D eigenvalue weighted by atomic mass is 16.5. The largest absolute Gasteiger partial charge is 0.492 e. The Morgan fingerprint density at radius 3 is 2.95 bits per heavy atom. The number of rotatable bonds is 6. The number of nitrogens with one attached hydrogen (secondary N) is 1. The van der Waals surface area contributed by atoms with Gasteiger partial charge in [-0.1, -0.05) is 11.6 Å². The monoisotopic (exact) mass is 260 g/mol. The van der Waals surface area contributed by atoms with Crippen molar-refractivity contribution in [2.45, 2.75) is 45.1 Å². The first-order valence-electron chi connectivity index (χ1n) is 7.26. The van der Waals surface area contributed by atoms with E-state index in [0.717, 1.165) is 12.2 Å². The molecule has 1 atom stereocenters. The summed E-state index contributed by atoms with van der Waals surface area (Å²) in [6, 6.07) is 2.43. The van der Waals surface area contributed by atoms with E-state index in [1.807, 2.05) is 20.2 Å². The molecule has 3 heteroatoms. The van der Waals surface area contributed by atoms with Crippen LogP contribution in [0.5, 0.6) is 5.75 Å². The molecular weight excluding hydrogens is 236 g/mol. The summed E-state index contributed by atoms with van der Waals surface area (Å²) in [4.78, 5) is 4.28. The smallest absolute Gasteiger partial charge is 0.137 e. The van der Waals surface area contributed by atoms with Crippen LogP contribution in [-0.4, -0.2) is 18.6 Å². The van der Waals surface area contributed by atoms with Crippen LogP contribution in [0.2, 0.25) is 0 Å². The van der Waals surface area contributed by atoms with Crippen molar-refractivity contribution >= 4 is 0 Å². The summed E-state index contributed by atoms with van der Waals surface area (Å²) in [5, 5.41) is 3.40. The van der Waals surface area contributed by atoms with E-state index in [0.29, 0.717) is 12.6 Å². The number of pyridine rings is 1. The normalized spacial score (nSPS) is 16.8. The van der Waals surface area contributed by atoms with E-state index in [1.54, 1.807) is 11.8 Å². The number of hydrogen-bond donors (Lipinski definition) is 1. The number of nitrogens with zero attached hydrogens (tertiary/aromatic N) is 1. The zero-order valence-corrected chi connectivity index (χ0v) is 12.0. The molecule has 1 aliphatic rings. The molecule has 19 heavy (non-hydrogen) atoms. The van der Waals surface area contributed by atoms with Crippen LogP contribution in [0.3, 0.4) is 0 Å². The lowest BCUT2D eigenvalue weighted by Crippen LogP contribution is -2.18. The number of ether oxygens (including phenoxy) is 1. The molecule has 1 heterocycles. The average molecular weight is 260 g/mol. The molecule has 0 fully saturated rings. The fraction of sp³-hybridized carbons (Fsp3) is 0.562. The Kier molecular flexibility index (Phi) is 5.40. The maximum absolute atomic E-state index is 5.53. The second-order valence-corrected chi connectivity index (χ2v) is 5.04. The molecule has 1 aliphatic carbocycles. The highest BCUT2D eigenvalue weighted by Gasteiger charge is 2.14. The van der Waals surface area contributed by atoms with Crippen molar-refractivity contribution < 1.29 is 4.74 Å². The van der Waals surface area contributed by atoms with Crippen molar-refractivity contribution in [3.8, 4) is 5.75 Å². The Morgan fingerprint density at radius 1 is 1.37 bits per heavy atom. The van der Waals surface area contributed by atoms with Gasteiger partial charge in [0, 0.05) is 12.2 Å². The van der Waals surface area contributed by atoms with E-state index >= 15 is 0 Å². The average Bonchev–Trinajstić information content (AvgIpc) is 2.46. The maximum Gasteiger partial charge on any atom is 0.137 e. The first kappa shape index (κ1) is 14.1. The molecule has 0 aliphatic heterocycles. The van der Waals surface area contributed by atoms with E-state index in [2.05, 4.69) is 22.4 Å². The van der Waals surface area contributed by atoms with Gasteiger partial charge in [-0.15, -0.1) is 0 Å². The van der Waals surface area contributed by atoms with Crippen LogP contribution in [0, 0.1) is 0 Å². The molecule has 0 saturated heterocycles. The molecule has 0 radical (unpaired) electrons. The maximum atomic E-state index is 5.53. The molecule has 3 nitrogen and oxygen atoms in total. The van der Waals surface area contributed by atoms with Gasteiger partial charge in [-0.25, -0.2) is 0 Å². The van der Waals surface area contributed by atoms with Gasteiger partial charge < -0.3 is 10.1 Å². The number of aromatic nitrogens is 1. The Morgan fingerprint density at radius 2 is 2.26 bits per heavy atom. The predicted molar refractivity (Wildman–Crippen MR) is 78.4 cm³/mol. The van der Waals surface area contributed by atoms with Crippen molar-refractivity contribution in [2.24, 2.45) is 0 Å². The molecule has 1 unspecified atom stereocenters. The van der Waals surface area contributed by atoms with E-state index in [4.69, 9.17) is 4.74 Å². The molecule has 0 amide bonds. The Labute approximate surface area is 116 Å². The molecule has 104 valence electrons. The topological polar surface area (TPSA) is 34.1 Å². The Balaban J connectivity index is 2.07. The van der Waals surface area contributed by atoms with Crippen LogP contribution in [0.4, 0.5) is 0 Å². The van der Waals surface area contributed by atoms with E-state index in [9.17, 15) is 0 Å². The lowest BCUT2D eigenvalue weighted by atomic mass is 9.92. The van der Waals surface area contributed by atoms with Gasteiger partial charge in [-0.05, 0) is 57.7 Å². The highest BCUT2D eigenvalue weighted by Crippen LogP contribution is 2.28. The highest BCUT2D eigenvalue weighted by molar-refractivity contribution is 5.27. The molecule has 1 aromatic rings. The fourth-order valence-corrected chi connectivity index (χ4v) is 2.61. The minimum Gasteiger partial charge on any atom is -0.492 e. The third kappa shape index (κ3) is 4.06. The summed E-state index contributed by atoms with van der Waals surface area (Å²) in [6.45, 7) is 2.68. The predicted octanol–water partition coefficient (Wildman–Crippen LogP) is 3.63. The summed E-state index contributed by atoms with van der Waals surface area (Å²) >= 11 is 0. The van der Waals surface area contributed by atoms with Crippen LogP contribution in [0.15, 0.2) is 30.1 Å². The van der Waals surface area contributed by atoms with Gasteiger partial charge in [0.15, 0.2) is 0 Å². The van der Waals surface area contributed by atoms with Gasteiger partial charge in [0.25, 0.3) is 0 Å². The molecule has 1 N–H and O–H groups in total. The van der Waals surface area contributed by atoms with Crippen molar-refractivity contribution in [1.29, 1.82) is 0 Å². The third-order valence-corrected chi connectivity index (χ3v) is 3.65. The van der Waals surface area contributed by atoms with Crippen LogP contribution < -0.4 is 10.1 Å². The summed E-state index contributed by atoms with van der Waals surface area (Å²) in [5.41, 5.74) is 2.78. The summed E-state index contributed by atoms with van der Waals surface area (Å²) in [6.07, 6.45) is 12.4. The standard InChI is InChI=1S/C16H24N2O/c1-3-19-15-10-14(11-18-12-15)16(17-2)9-13-7-5-4-6-8-13/h7,10-12,16-17H,3-6,8-9H2,1-2H3. The lowest BCUT2D eigenvalue weighted by Gasteiger charge is -2.21. The van der Waals surface area contributed by atoms with Crippen LogP contribution in [0.25, 0.3) is 0 Å². The molecular formula is C16H24N2O.